The Labute approximate surface area is 129 Å². The third kappa shape index (κ3) is 2.67. The SMILES string of the molecule is NC[C@@H]1CCN(C(=O)[C@@H]2C[C@H]2c2ccc(Cl)cc2Cl)C1. The van der Waals surface area contributed by atoms with Crippen LogP contribution >= 0.6 is 23.2 Å². The Morgan fingerprint density at radius 1 is 1.40 bits per heavy atom. The molecule has 0 bridgehead atoms. The van der Waals surface area contributed by atoms with Gasteiger partial charge in [0.15, 0.2) is 0 Å². The molecule has 3 atom stereocenters. The van der Waals surface area contributed by atoms with Crippen molar-refractivity contribution < 1.29 is 4.79 Å². The molecule has 2 fully saturated rings. The van der Waals surface area contributed by atoms with E-state index in [4.69, 9.17) is 28.9 Å². The fourth-order valence-electron chi connectivity index (χ4n) is 3.07. The van der Waals surface area contributed by atoms with Crippen molar-refractivity contribution in [1.29, 1.82) is 0 Å². The topological polar surface area (TPSA) is 46.3 Å². The second-order valence-electron chi connectivity index (χ2n) is 5.79. The minimum Gasteiger partial charge on any atom is -0.342 e. The maximum atomic E-state index is 12.4. The monoisotopic (exact) mass is 312 g/mol. The maximum Gasteiger partial charge on any atom is 0.226 e. The number of rotatable bonds is 3. The normalized spacial score (nSPS) is 28.8. The Morgan fingerprint density at radius 3 is 2.85 bits per heavy atom. The van der Waals surface area contributed by atoms with Crippen molar-refractivity contribution in [1.82, 2.24) is 4.90 Å². The summed E-state index contributed by atoms with van der Waals surface area (Å²) in [6, 6.07) is 5.52. The first-order valence-corrected chi connectivity index (χ1v) is 7.79. The molecule has 5 heteroatoms. The number of carbonyl (C=O) groups excluding carboxylic acids is 1. The quantitative estimate of drug-likeness (QED) is 0.932. The van der Waals surface area contributed by atoms with Crippen molar-refractivity contribution in [2.24, 2.45) is 17.6 Å². The molecule has 0 radical (unpaired) electrons. The van der Waals surface area contributed by atoms with Gasteiger partial charge in [0.2, 0.25) is 5.91 Å². The summed E-state index contributed by atoms with van der Waals surface area (Å²) in [7, 11) is 0. The largest absolute Gasteiger partial charge is 0.342 e. The number of hydrogen-bond donors (Lipinski definition) is 1. The Kier molecular flexibility index (Phi) is 3.93. The Bertz CT molecular complexity index is 535. The van der Waals surface area contributed by atoms with Gasteiger partial charge in [-0.25, -0.2) is 0 Å². The van der Waals surface area contributed by atoms with Crippen molar-refractivity contribution in [3.05, 3.63) is 33.8 Å². The van der Waals surface area contributed by atoms with Crippen molar-refractivity contribution in [2.45, 2.75) is 18.8 Å². The molecule has 1 aromatic rings. The zero-order valence-electron chi connectivity index (χ0n) is 11.2. The minimum atomic E-state index is 0.0881. The van der Waals surface area contributed by atoms with E-state index in [9.17, 15) is 4.79 Å². The van der Waals surface area contributed by atoms with E-state index in [-0.39, 0.29) is 17.7 Å². The number of nitrogens with two attached hydrogens (primary N) is 1. The Hall–Kier alpha value is -0.770. The van der Waals surface area contributed by atoms with Crippen LogP contribution in [0.25, 0.3) is 0 Å². The average molecular weight is 313 g/mol. The number of carbonyl (C=O) groups is 1. The summed E-state index contributed by atoms with van der Waals surface area (Å²) in [5, 5.41) is 1.30. The Morgan fingerprint density at radius 2 is 2.20 bits per heavy atom. The van der Waals surface area contributed by atoms with Crippen LogP contribution in [-0.2, 0) is 4.79 Å². The molecular weight excluding hydrogens is 295 g/mol. The number of benzene rings is 1. The van der Waals surface area contributed by atoms with Crippen LogP contribution < -0.4 is 5.73 Å². The first-order chi connectivity index (χ1) is 9.60. The summed E-state index contributed by atoms with van der Waals surface area (Å²) < 4.78 is 0. The molecule has 1 aromatic carbocycles. The highest BCUT2D eigenvalue weighted by Crippen LogP contribution is 2.51. The van der Waals surface area contributed by atoms with Gasteiger partial charge in [-0.15, -0.1) is 0 Å². The van der Waals surface area contributed by atoms with Crippen LogP contribution in [0.5, 0.6) is 0 Å². The number of likely N-dealkylation sites (tertiary alicyclic amines) is 1. The van der Waals surface area contributed by atoms with Crippen molar-refractivity contribution >= 4 is 29.1 Å². The third-order valence-corrected chi connectivity index (χ3v) is 4.96. The van der Waals surface area contributed by atoms with Gasteiger partial charge in [0, 0.05) is 29.1 Å². The van der Waals surface area contributed by atoms with Gasteiger partial charge in [-0.2, -0.15) is 0 Å². The zero-order valence-corrected chi connectivity index (χ0v) is 12.7. The van der Waals surface area contributed by atoms with Crippen molar-refractivity contribution in [3.8, 4) is 0 Å². The van der Waals surface area contributed by atoms with E-state index in [1.54, 1.807) is 6.07 Å². The lowest BCUT2D eigenvalue weighted by atomic mass is 10.1. The van der Waals surface area contributed by atoms with Crippen LogP contribution in [0.1, 0.15) is 24.3 Å². The third-order valence-electron chi connectivity index (χ3n) is 4.40. The molecule has 108 valence electrons. The molecule has 3 rings (SSSR count). The molecule has 1 aliphatic heterocycles. The molecule has 2 aliphatic rings. The van der Waals surface area contributed by atoms with E-state index < -0.39 is 0 Å². The van der Waals surface area contributed by atoms with E-state index in [0.29, 0.717) is 22.5 Å². The van der Waals surface area contributed by atoms with Crippen LogP contribution in [0.4, 0.5) is 0 Å². The van der Waals surface area contributed by atoms with Crippen LogP contribution in [-0.4, -0.2) is 30.4 Å². The maximum absolute atomic E-state index is 12.4. The van der Waals surface area contributed by atoms with Gasteiger partial charge in [-0.1, -0.05) is 29.3 Å². The number of halogens is 2. The summed E-state index contributed by atoms with van der Waals surface area (Å²) in [5.41, 5.74) is 6.72. The highest BCUT2D eigenvalue weighted by molar-refractivity contribution is 6.35. The molecule has 20 heavy (non-hydrogen) atoms. The van der Waals surface area contributed by atoms with Crippen LogP contribution in [0.3, 0.4) is 0 Å². The van der Waals surface area contributed by atoms with E-state index in [1.165, 1.54) is 0 Å². The molecule has 1 amide bonds. The molecule has 1 heterocycles. The minimum absolute atomic E-state index is 0.0881. The lowest BCUT2D eigenvalue weighted by Gasteiger charge is -2.16. The van der Waals surface area contributed by atoms with Gasteiger partial charge in [0.05, 0.1) is 0 Å². The summed E-state index contributed by atoms with van der Waals surface area (Å²) in [5.74, 6) is 1.07. The molecular formula is C15H18Cl2N2O. The van der Waals surface area contributed by atoms with E-state index in [2.05, 4.69) is 0 Å². The van der Waals surface area contributed by atoms with Crippen LogP contribution in [0.15, 0.2) is 18.2 Å². The molecule has 1 saturated carbocycles. The summed E-state index contributed by atoms with van der Waals surface area (Å²) in [6.45, 7) is 2.33. The van der Waals surface area contributed by atoms with Crippen molar-refractivity contribution in [2.75, 3.05) is 19.6 Å². The zero-order chi connectivity index (χ0) is 14.3. The van der Waals surface area contributed by atoms with Crippen LogP contribution in [0, 0.1) is 11.8 Å². The predicted molar refractivity (Wildman–Crippen MR) is 81.1 cm³/mol. The summed E-state index contributed by atoms with van der Waals surface area (Å²) in [4.78, 5) is 14.4. The number of hydrogen-bond acceptors (Lipinski definition) is 2. The Balaban J connectivity index is 1.65. The molecule has 0 aromatic heterocycles. The number of amides is 1. The van der Waals surface area contributed by atoms with E-state index in [0.717, 1.165) is 31.5 Å². The predicted octanol–water partition coefficient (Wildman–Crippen LogP) is 2.90. The van der Waals surface area contributed by atoms with E-state index >= 15 is 0 Å². The lowest BCUT2D eigenvalue weighted by Crippen LogP contribution is -2.31. The second kappa shape index (κ2) is 5.55. The van der Waals surface area contributed by atoms with Gasteiger partial charge >= 0.3 is 0 Å². The molecule has 3 nitrogen and oxygen atoms in total. The van der Waals surface area contributed by atoms with Gasteiger partial charge < -0.3 is 10.6 Å². The van der Waals surface area contributed by atoms with E-state index in [1.807, 2.05) is 17.0 Å². The fourth-order valence-corrected chi connectivity index (χ4v) is 3.62. The summed E-state index contributed by atoms with van der Waals surface area (Å²) >= 11 is 12.1. The summed E-state index contributed by atoms with van der Waals surface area (Å²) in [6.07, 6.45) is 1.92. The standard InChI is InChI=1S/C15H18Cl2N2O/c16-10-1-2-11(14(17)5-10)12-6-13(12)15(20)19-4-3-9(7-18)8-19/h1-2,5,9,12-13H,3-4,6-8,18H2/t9-,12-,13+/m0/s1. The molecule has 0 unspecified atom stereocenters. The molecule has 2 N–H and O–H groups in total. The first-order valence-electron chi connectivity index (χ1n) is 7.04. The second-order valence-corrected chi connectivity index (χ2v) is 6.63. The van der Waals surface area contributed by atoms with Gasteiger partial charge in [-0.3, -0.25) is 4.79 Å². The van der Waals surface area contributed by atoms with Gasteiger partial charge in [0.1, 0.15) is 0 Å². The van der Waals surface area contributed by atoms with Crippen LogP contribution in [0.2, 0.25) is 10.0 Å². The average Bonchev–Trinajstić information content (AvgIpc) is 3.06. The molecule has 1 aliphatic carbocycles. The first kappa shape index (κ1) is 14.2. The molecule has 0 spiro atoms. The molecule has 1 saturated heterocycles. The van der Waals surface area contributed by atoms with Gasteiger partial charge in [-0.05, 0) is 48.9 Å². The smallest absolute Gasteiger partial charge is 0.226 e. The highest BCUT2D eigenvalue weighted by Gasteiger charge is 2.47. The van der Waals surface area contributed by atoms with Gasteiger partial charge in [0.25, 0.3) is 0 Å². The lowest BCUT2D eigenvalue weighted by molar-refractivity contribution is -0.131. The van der Waals surface area contributed by atoms with Crippen molar-refractivity contribution in [3.63, 3.8) is 0 Å². The fraction of sp³-hybridized carbons (Fsp3) is 0.533. The number of nitrogens with zero attached hydrogens (tertiary/aromatic N) is 1. The highest BCUT2D eigenvalue weighted by atomic mass is 35.5.